The number of ketones is 1. The summed E-state index contributed by atoms with van der Waals surface area (Å²) >= 11 is 1.22. The Bertz CT molecular complexity index is 1210. The first-order valence-electron chi connectivity index (χ1n) is 9.82. The van der Waals surface area contributed by atoms with Gasteiger partial charge in [-0.2, -0.15) is 0 Å². The number of aromatic nitrogens is 1. The van der Waals surface area contributed by atoms with Crippen LogP contribution in [0.25, 0.3) is 0 Å². The number of carbonyl (C=O) groups is 2. The third kappa shape index (κ3) is 3.64. The lowest BCUT2D eigenvalue weighted by molar-refractivity contribution is -0.130. The number of benzene rings is 1. The van der Waals surface area contributed by atoms with Gasteiger partial charge in [0.05, 0.1) is 54.2 Å². The van der Waals surface area contributed by atoms with E-state index in [0.29, 0.717) is 33.4 Å². The van der Waals surface area contributed by atoms with Gasteiger partial charge in [-0.25, -0.2) is 4.98 Å². The fourth-order valence-corrected chi connectivity index (χ4v) is 4.73. The number of hydrogen-bond acceptors (Lipinski definition) is 8. The standard InChI is InChI=1S/C23H22N2O6S/c1-12-22(32-13(2)24-12)20(26)18-19(16-10-14(29-3)7-8-17(16)30-4)25(23(28)21(18)27)11-15-6-5-9-31-15/h5-10,19,27H,11H2,1-4H3. The van der Waals surface area contributed by atoms with Crippen molar-refractivity contribution in [3.05, 3.63) is 74.8 Å². The summed E-state index contributed by atoms with van der Waals surface area (Å²) in [4.78, 5) is 32.8. The van der Waals surface area contributed by atoms with Crippen LogP contribution in [0.2, 0.25) is 0 Å². The third-order valence-corrected chi connectivity index (χ3v) is 6.37. The quantitative estimate of drug-likeness (QED) is 0.535. The zero-order valence-electron chi connectivity index (χ0n) is 18.0. The van der Waals surface area contributed by atoms with Crippen LogP contribution in [-0.2, 0) is 11.3 Å². The van der Waals surface area contributed by atoms with Gasteiger partial charge in [0.2, 0.25) is 5.78 Å². The van der Waals surface area contributed by atoms with Crippen LogP contribution in [-0.4, -0.2) is 40.9 Å². The number of aliphatic hydroxyl groups is 1. The van der Waals surface area contributed by atoms with E-state index in [1.807, 2.05) is 0 Å². The number of amides is 1. The molecule has 32 heavy (non-hydrogen) atoms. The van der Waals surface area contributed by atoms with Crippen molar-refractivity contribution in [1.29, 1.82) is 0 Å². The summed E-state index contributed by atoms with van der Waals surface area (Å²) in [6.45, 7) is 3.58. The van der Waals surface area contributed by atoms with Crippen molar-refractivity contribution in [2.45, 2.75) is 26.4 Å². The van der Waals surface area contributed by atoms with Crippen LogP contribution in [0.15, 0.2) is 52.3 Å². The Hall–Kier alpha value is -3.59. The first-order valence-corrected chi connectivity index (χ1v) is 10.6. The smallest absolute Gasteiger partial charge is 0.290 e. The lowest BCUT2D eigenvalue weighted by atomic mass is 9.94. The van der Waals surface area contributed by atoms with Crippen molar-refractivity contribution in [3.8, 4) is 11.5 Å². The minimum absolute atomic E-state index is 0.0279. The third-order valence-electron chi connectivity index (χ3n) is 5.30. The monoisotopic (exact) mass is 454 g/mol. The zero-order chi connectivity index (χ0) is 23.0. The summed E-state index contributed by atoms with van der Waals surface area (Å²) in [5, 5.41) is 11.6. The first-order chi connectivity index (χ1) is 15.3. The maximum absolute atomic E-state index is 13.6. The Morgan fingerprint density at radius 2 is 2.03 bits per heavy atom. The number of Topliss-reactive ketones (excluding diaryl/α,β-unsaturated/α-hetero) is 1. The highest BCUT2D eigenvalue weighted by molar-refractivity contribution is 7.14. The van der Waals surface area contributed by atoms with E-state index in [-0.39, 0.29) is 12.1 Å². The Morgan fingerprint density at radius 1 is 1.25 bits per heavy atom. The van der Waals surface area contributed by atoms with E-state index < -0.39 is 23.5 Å². The Labute approximate surface area is 188 Å². The zero-order valence-corrected chi connectivity index (χ0v) is 18.9. The minimum Gasteiger partial charge on any atom is -0.503 e. The van der Waals surface area contributed by atoms with Crippen LogP contribution >= 0.6 is 11.3 Å². The van der Waals surface area contributed by atoms with Gasteiger partial charge in [-0.05, 0) is 44.2 Å². The molecule has 3 heterocycles. The second-order valence-electron chi connectivity index (χ2n) is 7.26. The average Bonchev–Trinajstić information content (AvgIpc) is 3.48. The van der Waals surface area contributed by atoms with Gasteiger partial charge in [0, 0.05) is 5.56 Å². The lowest BCUT2D eigenvalue weighted by Gasteiger charge is -2.27. The predicted octanol–water partition coefficient (Wildman–Crippen LogP) is 4.15. The Morgan fingerprint density at radius 3 is 2.62 bits per heavy atom. The molecule has 3 aromatic rings. The van der Waals surface area contributed by atoms with Crippen molar-refractivity contribution < 1.29 is 28.6 Å². The highest BCUT2D eigenvalue weighted by atomic mass is 32.1. The number of ether oxygens (including phenoxy) is 2. The lowest BCUT2D eigenvalue weighted by Crippen LogP contribution is -2.30. The van der Waals surface area contributed by atoms with Crippen molar-refractivity contribution in [3.63, 3.8) is 0 Å². The van der Waals surface area contributed by atoms with E-state index in [2.05, 4.69) is 4.98 Å². The fraction of sp³-hybridized carbons (Fsp3) is 0.261. The van der Waals surface area contributed by atoms with Gasteiger partial charge in [0.15, 0.2) is 5.76 Å². The molecule has 1 aromatic carbocycles. The van der Waals surface area contributed by atoms with E-state index in [4.69, 9.17) is 13.9 Å². The number of carbonyl (C=O) groups excluding carboxylic acids is 2. The van der Waals surface area contributed by atoms with E-state index >= 15 is 0 Å². The molecule has 9 heteroatoms. The van der Waals surface area contributed by atoms with Crippen LogP contribution < -0.4 is 9.47 Å². The molecule has 1 aliphatic heterocycles. The summed E-state index contributed by atoms with van der Waals surface area (Å²) in [5.41, 5.74) is 1.03. The van der Waals surface area contributed by atoms with Gasteiger partial charge in [-0.1, -0.05) is 0 Å². The predicted molar refractivity (Wildman–Crippen MR) is 117 cm³/mol. The number of rotatable bonds is 7. The molecule has 0 spiro atoms. The molecule has 0 fully saturated rings. The molecule has 1 unspecified atom stereocenters. The number of nitrogens with zero attached hydrogens (tertiary/aromatic N) is 2. The Kier molecular flexibility index (Phi) is 5.75. The van der Waals surface area contributed by atoms with Crippen molar-refractivity contribution >= 4 is 23.0 Å². The molecular weight excluding hydrogens is 432 g/mol. The number of furan rings is 1. The maximum Gasteiger partial charge on any atom is 0.290 e. The fourth-order valence-electron chi connectivity index (χ4n) is 3.86. The molecule has 0 bridgehead atoms. The van der Waals surface area contributed by atoms with Crippen LogP contribution in [0, 0.1) is 13.8 Å². The molecule has 0 saturated carbocycles. The van der Waals surface area contributed by atoms with Gasteiger partial charge >= 0.3 is 0 Å². The number of methoxy groups -OCH3 is 2. The SMILES string of the molecule is COc1ccc(OC)c(C2C(C(=O)c3sc(C)nc3C)=C(O)C(=O)N2Cc2ccco2)c1. The summed E-state index contributed by atoms with van der Waals surface area (Å²) in [6, 6.07) is 7.64. The molecule has 1 aliphatic rings. The molecule has 0 saturated heterocycles. The topological polar surface area (TPSA) is 102 Å². The van der Waals surface area contributed by atoms with Gasteiger partial charge in [0.25, 0.3) is 5.91 Å². The van der Waals surface area contributed by atoms with E-state index in [0.717, 1.165) is 5.01 Å². The summed E-state index contributed by atoms with van der Waals surface area (Å²) in [7, 11) is 3.02. The number of hydrogen-bond donors (Lipinski definition) is 1. The van der Waals surface area contributed by atoms with Gasteiger partial charge in [-0.15, -0.1) is 11.3 Å². The van der Waals surface area contributed by atoms with E-state index in [1.165, 1.54) is 36.7 Å². The summed E-state index contributed by atoms with van der Waals surface area (Å²) in [6.07, 6.45) is 1.50. The van der Waals surface area contributed by atoms with Crippen LogP contribution in [0.4, 0.5) is 0 Å². The molecule has 8 nitrogen and oxygen atoms in total. The minimum atomic E-state index is -0.910. The number of aliphatic hydroxyl groups excluding tert-OH is 1. The van der Waals surface area contributed by atoms with E-state index in [1.54, 1.807) is 44.2 Å². The molecule has 0 radical (unpaired) electrons. The van der Waals surface area contributed by atoms with Gasteiger partial charge < -0.3 is 23.9 Å². The molecule has 1 N–H and O–H groups in total. The largest absolute Gasteiger partial charge is 0.503 e. The number of thiazole rings is 1. The van der Waals surface area contributed by atoms with Crippen LogP contribution in [0.1, 0.15) is 37.7 Å². The molecule has 2 aromatic heterocycles. The average molecular weight is 455 g/mol. The van der Waals surface area contributed by atoms with Crippen LogP contribution in [0.5, 0.6) is 11.5 Å². The molecular formula is C23H22N2O6S. The van der Waals surface area contributed by atoms with E-state index in [9.17, 15) is 14.7 Å². The van der Waals surface area contributed by atoms with Crippen molar-refractivity contribution in [2.75, 3.05) is 14.2 Å². The van der Waals surface area contributed by atoms with Crippen LogP contribution in [0.3, 0.4) is 0 Å². The molecule has 4 rings (SSSR count). The van der Waals surface area contributed by atoms with Gasteiger partial charge in [-0.3, -0.25) is 9.59 Å². The van der Waals surface area contributed by atoms with Gasteiger partial charge in [0.1, 0.15) is 17.3 Å². The first kappa shape index (κ1) is 21.6. The highest BCUT2D eigenvalue weighted by Crippen LogP contribution is 2.45. The second kappa shape index (κ2) is 8.51. The maximum atomic E-state index is 13.6. The second-order valence-corrected chi connectivity index (χ2v) is 8.46. The Balaban J connectivity index is 1.89. The summed E-state index contributed by atoms with van der Waals surface area (Å²) < 4.78 is 16.3. The van der Waals surface area contributed by atoms with Crippen molar-refractivity contribution in [2.24, 2.45) is 0 Å². The molecule has 1 atom stereocenters. The molecule has 166 valence electrons. The normalized spacial score (nSPS) is 16.1. The summed E-state index contributed by atoms with van der Waals surface area (Å²) in [5.74, 6) is -0.229. The molecule has 0 aliphatic carbocycles. The molecule has 1 amide bonds. The highest BCUT2D eigenvalue weighted by Gasteiger charge is 2.46. The van der Waals surface area contributed by atoms with Crippen molar-refractivity contribution in [1.82, 2.24) is 9.88 Å². The number of aryl methyl sites for hydroxylation is 2.